The van der Waals surface area contributed by atoms with E-state index in [1.807, 2.05) is 27.9 Å². The largest absolute Gasteiger partial charge is 0.504 e. The molecule has 2 bridgehead atoms. The Morgan fingerprint density at radius 3 is 2.65 bits per heavy atom. The molecule has 2 N–H and O–H groups in total. The average Bonchev–Trinajstić information content (AvgIpc) is 3.57. The van der Waals surface area contributed by atoms with Gasteiger partial charge in [0, 0.05) is 31.3 Å². The maximum Gasteiger partial charge on any atom is 0.323 e. The van der Waals surface area contributed by atoms with Crippen molar-refractivity contribution in [1.29, 1.82) is 0 Å². The molecule has 2 saturated carbocycles. The van der Waals surface area contributed by atoms with Gasteiger partial charge in [-0.25, -0.2) is 0 Å². The Kier molecular flexibility index (Phi) is 5.91. The molecule has 6 rings (SSSR count). The lowest BCUT2D eigenvalue weighted by atomic mass is 9.48. The van der Waals surface area contributed by atoms with Crippen molar-refractivity contribution in [3.63, 3.8) is 0 Å². The normalized spacial score (nSPS) is 35.2. The molecule has 3 fully saturated rings. The van der Waals surface area contributed by atoms with Crippen LogP contribution in [0, 0.1) is 11.8 Å². The fraction of sp³-hybridized carbons (Fsp3) is 0.767. The molecule has 2 aliphatic heterocycles. The molecule has 6 atom stereocenters. The number of carbonyl (C=O) groups excluding carboxylic acids is 1. The van der Waals surface area contributed by atoms with Crippen LogP contribution in [0.5, 0.6) is 11.5 Å². The van der Waals surface area contributed by atoms with Crippen molar-refractivity contribution >= 4 is 5.97 Å². The van der Waals surface area contributed by atoms with Gasteiger partial charge in [-0.05, 0) is 89.3 Å². The highest BCUT2D eigenvalue weighted by Gasteiger charge is 2.74. The molecule has 1 aromatic carbocycles. The van der Waals surface area contributed by atoms with Gasteiger partial charge in [-0.2, -0.15) is 0 Å². The number of nitrogens with zero attached hydrogens (tertiary/aromatic N) is 1. The van der Waals surface area contributed by atoms with Gasteiger partial charge >= 0.3 is 5.97 Å². The zero-order chi connectivity index (χ0) is 26.3. The van der Waals surface area contributed by atoms with Crippen molar-refractivity contribution in [2.75, 3.05) is 20.2 Å². The van der Waals surface area contributed by atoms with Crippen LogP contribution in [0.3, 0.4) is 0 Å². The van der Waals surface area contributed by atoms with Crippen molar-refractivity contribution in [3.05, 3.63) is 23.3 Å². The minimum atomic E-state index is -0.547. The molecule has 1 spiro atoms. The summed E-state index contributed by atoms with van der Waals surface area (Å²) in [5, 5.41) is 14.7. The summed E-state index contributed by atoms with van der Waals surface area (Å²) in [5.41, 5.74) is 1.15. The Morgan fingerprint density at radius 2 is 2.00 bits per heavy atom. The van der Waals surface area contributed by atoms with Gasteiger partial charge in [-0.1, -0.05) is 19.9 Å². The van der Waals surface area contributed by atoms with E-state index in [0.717, 1.165) is 50.3 Å². The summed E-state index contributed by atoms with van der Waals surface area (Å²) in [6.07, 6.45) is 6.02. The third-order valence-corrected chi connectivity index (χ3v) is 9.81. The monoisotopic (exact) mass is 512 g/mol. The van der Waals surface area contributed by atoms with Crippen LogP contribution in [0.2, 0.25) is 0 Å². The zero-order valence-electron chi connectivity index (χ0n) is 23.3. The van der Waals surface area contributed by atoms with E-state index in [-0.39, 0.29) is 46.8 Å². The molecule has 7 nitrogen and oxygen atoms in total. The second-order valence-electron chi connectivity index (χ2n) is 13.5. The van der Waals surface area contributed by atoms with Gasteiger partial charge in [0.2, 0.25) is 0 Å². The SMILES string of the molecule is CO[C@@]12CCC(N[C@H](C(=O)OC(C)(C)C)C(C)C)C3Oc4c(O)ccc5c4[C@@]31CCN(CC1CC1)[C@@H]2C5. The molecular weight excluding hydrogens is 468 g/mol. The quantitative estimate of drug-likeness (QED) is 0.536. The molecule has 3 aliphatic carbocycles. The number of aromatic hydroxyl groups is 1. The van der Waals surface area contributed by atoms with Crippen LogP contribution in [0.1, 0.15) is 77.8 Å². The lowest BCUT2D eigenvalue weighted by Gasteiger charge is -2.66. The number of nitrogens with one attached hydrogen (secondary N) is 1. The Hall–Kier alpha value is -1.83. The molecular formula is C30H44N2O5. The Bertz CT molecular complexity index is 1080. The molecule has 2 heterocycles. The number of hydrogen-bond acceptors (Lipinski definition) is 7. The fourth-order valence-corrected chi connectivity index (χ4v) is 8.17. The summed E-state index contributed by atoms with van der Waals surface area (Å²) in [7, 11) is 1.88. The van der Waals surface area contributed by atoms with Crippen LogP contribution in [-0.2, 0) is 26.1 Å². The van der Waals surface area contributed by atoms with Gasteiger partial charge in [0.25, 0.3) is 0 Å². The number of methoxy groups -OCH3 is 1. The number of hydrogen-bond donors (Lipinski definition) is 2. The Morgan fingerprint density at radius 1 is 1.24 bits per heavy atom. The fourth-order valence-electron chi connectivity index (χ4n) is 8.17. The van der Waals surface area contributed by atoms with Crippen molar-refractivity contribution in [3.8, 4) is 11.5 Å². The molecule has 204 valence electrons. The van der Waals surface area contributed by atoms with Crippen molar-refractivity contribution in [2.24, 2.45) is 11.8 Å². The summed E-state index contributed by atoms with van der Waals surface area (Å²) in [5.74, 6) is 1.49. The smallest absolute Gasteiger partial charge is 0.323 e. The van der Waals surface area contributed by atoms with Crippen molar-refractivity contribution in [2.45, 2.75) is 114 Å². The molecule has 1 aromatic rings. The molecule has 5 aliphatic rings. The first kappa shape index (κ1) is 25.4. The molecule has 0 amide bonds. The molecule has 0 radical (unpaired) electrons. The predicted molar refractivity (Wildman–Crippen MR) is 141 cm³/mol. The minimum absolute atomic E-state index is 0.0587. The average molecular weight is 513 g/mol. The number of likely N-dealkylation sites (tertiary alicyclic amines) is 1. The second-order valence-corrected chi connectivity index (χ2v) is 13.5. The summed E-state index contributed by atoms with van der Waals surface area (Å²) in [4.78, 5) is 16.0. The number of rotatable bonds is 7. The standard InChI is InChI=1S/C30H44N2O5/c1-17(2)24(27(34)37-28(3,4)5)31-20-11-12-30(35-6)22-15-19-9-10-21(33)25-23(19)29(30,26(20)36-25)13-14-32(22)16-18-7-8-18/h9-10,17-18,20,22,24,26,31,33H,7-8,11-16H2,1-6H3/t20?,22-,24+,26?,29+,30-/m1/s1. The first-order chi connectivity index (χ1) is 17.5. The van der Waals surface area contributed by atoms with Crippen molar-refractivity contribution in [1.82, 2.24) is 10.2 Å². The molecule has 0 aromatic heterocycles. The first-order valence-electron chi connectivity index (χ1n) is 14.3. The van der Waals surface area contributed by atoms with Crippen LogP contribution in [0.15, 0.2) is 12.1 Å². The van der Waals surface area contributed by atoms with Gasteiger partial charge in [-0.3, -0.25) is 15.0 Å². The maximum absolute atomic E-state index is 13.3. The van der Waals surface area contributed by atoms with Gasteiger partial charge in [0.1, 0.15) is 17.7 Å². The lowest BCUT2D eigenvalue weighted by molar-refractivity contribution is -0.208. The highest BCUT2D eigenvalue weighted by molar-refractivity contribution is 5.76. The van der Waals surface area contributed by atoms with Crippen LogP contribution >= 0.6 is 0 Å². The van der Waals surface area contributed by atoms with Gasteiger partial charge in [-0.15, -0.1) is 0 Å². The summed E-state index contributed by atoms with van der Waals surface area (Å²) in [6.45, 7) is 12.0. The molecule has 2 unspecified atom stereocenters. The summed E-state index contributed by atoms with van der Waals surface area (Å²) in [6, 6.07) is 3.68. The van der Waals surface area contributed by atoms with E-state index in [1.165, 1.54) is 18.4 Å². The second kappa shape index (κ2) is 8.59. The molecule has 7 heteroatoms. The van der Waals surface area contributed by atoms with Crippen LogP contribution in [0.25, 0.3) is 0 Å². The Balaban J connectivity index is 1.40. The van der Waals surface area contributed by atoms with E-state index >= 15 is 0 Å². The zero-order valence-corrected chi connectivity index (χ0v) is 23.3. The number of phenols is 1. The number of carbonyl (C=O) groups is 1. The van der Waals surface area contributed by atoms with E-state index in [4.69, 9.17) is 14.2 Å². The number of benzene rings is 1. The highest BCUT2D eigenvalue weighted by Crippen LogP contribution is 2.66. The summed E-state index contributed by atoms with van der Waals surface area (Å²) >= 11 is 0. The Labute approximate surface area is 221 Å². The molecule has 37 heavy (non-hydrogen) atoms. The number of esters is 1. The van der Waals surface area contributed by atoms with E-state index in [1.54, 1.807) is 6.07 Å². The summed E-state index contributed by atoms with van der Waals surface area (Å²) < 4.78 is 19.3. The first-order valence-corrected chi connectivity index (χ1v) is 14.3. The van der Waals surface area contributed by atoms with Crippen LogP contribution < -0.4 is 10.1 Å². The van der Waals surface area contributed by atoms with Crippen LogP contribution in [-0.4, -0.2) is 71.6 Å². The predicted octanol–water partition coefficient (Wildman–Crippen LogP) is 3.93. The molecule has 1 saturated heterocycles. The van der Waals surface area contributed by atoms with E-state index in [0.29, 0.717) is 5.75 Å². The maximum atomic E-state index is 13.3. The van der Waals surface area contributed by atoms with Crippen LogP contribution in [0.4, 0.5) is 0 Å². The number of phenolic OH excluding ortho intramolecular Hbond substituents is 1. The van der Waals surface area contributed by atoms with E-state index in [9.17, 15) is 9.90 Å². The van der Waals surface area contributed by atoms with Gasteiger partial charge in [0.05, 0.1) is 11.0 Å². The number of ether oxygens (including phenoxy) is 3. The number of piperidine rings is 1. The van der Waals surface area contributed by atoms with Crippen molar-refractivity contribution < 1.29 is 24.1 Å². The van der Waals surface area contributed by atoms with Gasteiger partial charge in [0.15, 0.2) is 11.5 Å². The third kappa shape index (κ3) is 3.75. The van der Waals surface area contributed by atoms with E-state index in [2.05, 4.69) is 30.1 Å². The highest BCUT2D eigenvalue weighted by atomic mass is 16.6. The van der Waals surface area contributed by atoms with E-state index < -0.39 is 11.6 Å². The third-order valence-electron chi connectivity index (χ3n) is 9.81. The topological polar surface area (TPSA) is 80.3 Å². The van der Waals surface area contributed by atoms with Gasteiger partial charge < -0.3 is 19.3 Å². The lowest BCUT2D eigenvalue weighted by Crippen LogP contribution is -2.79. The minimum Gasteiger partial charge on any atom is -0.504 e.